The molecule has 0 spiro atoms. The first-order valence-corrected chi connectivity index (χ1v) is 9.54. The molecule has 0 radical (unpaired) electrons. The molecule has 3 aromatic rings. The molecular formula is C21H22ClN3O2. The van der Waals surface area contributed by atoms with Crippen LogP contribution in [-0.4, -0.2) is 48.6 Å². The topological polar surface area (TPSA) is 57.4 Å². The number of anilines is 1. The number of benzene rings is 2. The molecule has 1 aliphatic heterocycles. The lowest BCUT2D eigenvalue weighted by Crippen LogP contribution is -2.37. The zero-order valence-corrected chi connectivity index (χ0v) is 15.8. The van der Waals surface area contributed by atoms with E-state index in [1.165, 1.54) is 5.56 Å². The van der Waals surface area contributed by atoms with Gasteiger partial charge in [-0.15, -0.1) is 0 Å². The van der Waals surface area contributed by atoms with Gasteiger partial charge in [0.2, 0.25) is 0 Å². The molecule has 0 atom stereocenters. The zero-order valence-electron chi connectivity index (χ0n) is 15.0. The molecular weight excluding hydrogens is 362 g/mol. The molecule has 0 bridgehead atoms. The van der Waals surface area contributed by atoms with Crippen molar-refractivity contribution in [3.63, 3.8) is 0 Å². The van der Waals surface area contributed by atoms with Crippen molar-refractivity contribution in [1.29, 1.82) is 0 Å². The third-order valence-corrected chi connectivity index (χ3v) is 5.09. The SMILES string of the molecule is O=C(Nc1ccc(CCN2CCOCC2)cc1)c1cc2cc(Cl)ccc2[nH]1. The van der Waals surface area contributed by atoms with E-state index >= 15 is 0 Å². The van der Waals surface area contributed by atoms with Crippen LogP contribution < -0.4 is 5.32 Å². The maximum Gasteiger partial charge on any atom is 0.272 e. The molecule has 0 unspecified atom stereocenters. The second-order valence-electron chi connectivity index (χ2n) is 6.77. The van der Waals surface area contributed by atoms with Crippen LogP contribution in [0.3, 0.4) is 0 Å². The second-order valence-corrected chi connectivity index (χ2v) is 7.21. The minimum absolute atomic E-state index is 0.164. The highest BCUT2D eigenvalue weighted by Crippen LogP contribution is 2.21. The molecule has 1 amide bonds. The quantitative estimate of drug-likeness (QED) is 0.701. The number of halogens is 1. The van der Waals surface area contributed by atoms with Gasteiger partial charge in [-0.1, -0.05) is 23.7 Å². The molecule has 2 aromatic carbocycles. The Balaban J connectivity index is 1.36. The highest BCUT2D eigenvalue weighted by atomic mass is 35.5. The van der Waals surface area contributed by atoms with E-state index in [9.17, 15) is 4.79 Å². The van der Waals surface area contributed by atoms with Gasteiger partial charge in [-0.25, -0.2) is 0 Å². The van der Waals surface area contributed by atoms with Gasteiger partial charge in [-0.3, -0.25) is 9.69 Å². The summed E-state index contributed by atoms with van der Waals surface area (Å²) in [6.07, 6.45) is 0.997. The summed E-state index contributed by atoms with van der Waals surface area (Å²) in [5.41, 5.74) is 3.46. The molecule has 1 aromatic heterocycles. The maximum absolute atomic E-state index is 12.5. The first kappa shape index (κ1) is 18.0. The molecule has 0 aliphatic carbocycles. The monoisotopic (exact) mass is 383 g/mol. The van der Waals surface area contributed by atoms with Crippen molar-refractivity contribution in [3.8, 4) is 0 Å². The highest BCUT2D eigenvalue weighted by Gasteiger charge is 2.11. The number of fused-ring (bicyclic) bond motifs is 1. The van der Waals surface area contributed by atoms with Crippen LogP contribution in [0, 0.1) is 0 Å². The number of rotatable bonds is 5. The van der Waals surface area contributed by atoms with Crippen molar-refractivity contribution in [1.82, 2.24) is 9.88 Å². The standard InChI is InChI=1S/C21H22ClN3O2/c22-17-3-6-19-16(13-17)14-20(24-19)21(26)23-18-4-1-15(2-5-18)7-8-25-9-11-27-12-10-25/h1-6,13-14,24H,7-12H2,(H,23,26). The van der Waals surface area contributed by atoms with Gasteiger partial charge < -0.3 is 15.0 Å². The number of nitrogens with zero attached hydrogens (tertiary/aromatic N) is 1. The van der Waals surface area contributed by atoms with Crippen molar-refractivity contribution in [2.24, 2.45) is 0 Å². The number of aromatic nitrogens is 1. The molecule has 1 aliphatic rings. The van der Waals surface area contributed by atoms with E-state index in [0.717, 1.165) is 55.9 Å². The smallest absolute Gasteiger partial charge is 0.272 e. The maximum atomic E-state index is 12.5. The average molecular weight is 384 g/mol. The molecule has 5 nitrogen and oxygen atoms in total. The number of morpholine rings is 1. The zero-order chi connectivity index (χ0) is 18.6. The lowest BCUT2D eigenvalue weighted by atomic mass is 10.1. The van der Waals surface area contributed by atoms with Gasteiger partial charge in [0.05, 0.1) is 13.2 Å². The fourth-order valence-electron chi connectivity index (χ4n) is 3.29. The van der Waals surface area contributed by atoms with E-state index < -0.39 is 0 Å². The number of carbonyl (C=O) groups excluding carboxylic acids is 1. The van der Waals surface area contributed by atoms with Gasteiger partial charge in [0, 0.05) is 41.2 Å². The van der Waals surface area contributed by atoms with E-state index in [1.807, 2.05) is 30.3 Å². The summed E-state index contributed by atoms with van der Waals surface area (Å²) < 4.78 is 5.37. The Labute approximate surface area is 163 Å². The van der Waals surface area contributed by atoms with Crippen molar-refractivity contribution in [3.05, 3.63) is 64.8 Å². The van der Waals surface area contributed by atoms with Crippen LogP contribution in [-0.2, 0) is 11.2 Å². The summed E-state index contributed by atoms with van der Waals surface area (Å²) in [7, 11) is 0. The molecule has 1 fully saturated rings. The van der Waals surface area contributed by atoms with E-state index in [0.29, 0.717) is 10.7 Å². The number of ether oxygens (including phenoxy) is 1. The molecule has 27 heavy (non-hydrogen) atoms. The lowest BCUT2D eigenvalue weighted by molar-refractivity contribution is 0.0384. The van der Waals surface area contributed by atoms with Gasteiger partial charge in [0.1, 0.15) is 5.69 Å². The fourth-order valence-corrected chi connectivity index (χ4v) is 3.47. The Bertz CT molecular complexity index is 930. The minimum atomic E-state index is -0.164. The van der Waals surface area contributed by atoms with Crippen LogP contribution in [0.15, 0.2) is 48.5 Å². The summed E-state index contributed by atoms with van der Waals surface area (Å²) in [6, 6.07) is 15.4. The summed E-state index contributed by atoms with van der Waals surface area (Å²) in [4.78, 5) is 18.0. The van der Waals surface area contributed by atoms with Crippen LogP contribution in [0.2, 0.25) is 5.02 Å². The Hall–Kier alpha value is -2.34. The molecule has 2 heterocycles. The number of hydrogen-bond donors (Lipinski definition) is 2. The Kier molecular flexibility index (Phi) is 5.43. The third-order valence-electron chi connectivity index (χ3n) is 4.86. The minimum Gasteiger partial charge on any atom is -0.379 e. The molecule has 4 rings (SSSR count). The first-order chi connectivity index (χ1) is 13.2. The Morgan fingerprint density at radius 3 is 2.67 bits per heavy atom. The number of H-pyrrole nitrogens is 1. The van der Waals surface area contributed by atoms with E-state index in [4.69, 9.17) is 16.3 Å². The fraction of sp³-hybridized carbons (Fsp3) is 0.286. The third kappa shape index (κ3) is 4.50. The molecule has 140 valence electrons. The predicted molar refractivity (Wildman–Crippen MR) is 109 cm³/mol. The van der Waals surface area contributed by atoms with Crippen molar-refractivity contribution < 1.29 is 9.53 Å². The summed E-state index contributed by atoms with van der Waals surface area (Å²) >= 11 is 6.00. The largest absolute Gasteiger partial charge is 0.379 e. The highest BCUT2D eigenvalue weighted by molar-refractivity contribution is 6.31. The van der Waals surface area contributed by atoms with E-state index in [2.05, 4.69) is 27.3 Å². The number of amides is 1. The molecule has 0 saturated carbocycles. The van der Waals surface area contributed by atoms with Gasteiger partial charge in [0.25, 0.3) is 5.91 Å². The van der Waals surface area contributed by atoms with Gasteiger partial charge >= 0.3 is 0 Å². The number of nitrogens with one attached hydrogen (secondary N) is 2. The normalized spacial score (nSPS) is 15.1. The van der Waals surface area contributed by atoms with Gasteiger partial charge in [-0.05, 0) is 48.4 Å². The first-order valence-electron chi connectivity index (χ1n) is 9.16. The molecule has 6 heteroatoms. The van der Waals surface area contributed by atoms with Gasteiger partial charge in [-0.2, -0.15) is 0 Å². The summed E-state index contributed by atoms with van der Waals surface area (Å²) in [6.45, 7) is 4.69. The number of aromatic amines is 1. The van der Waals surface area contributed by atoms with E-state index in [-0.39, 0.29) is 5.91 Å². The summed E-state index contributed by atoms with van der Waals surface area (Å²) in [5.74, 6) is -0.164. The van der Waals surface area contributed by atoms with Crippen LogP contribution in [0.4, 0.5) is 5.69 Å². The van der Waals surface area contributed by atoms with Crippen LogP contribution >= 0.6 is 11.6 Å². The van der Waals surface area contributed by atoms with Gasteiger partial charge in [0.15, 0.2) is 0 Å². The van der Waals surface area contributed by atoms with Crippen LogP contribution in [0.1, 0.15) is 16.1 Å². The van der Waals surface area contributed by atoms with E-state index in [1.54, 1.807) is 6.07 Å². The second kappa shape index (κ2) is 8.13. The molecule has 1 saturated heterocycles. The number of hydrogen-bond acceptors (Lipinski definition) is 3. The Morgan fingerprint density at radius 1 is 1.11 bits per heavy atom. The lowest BCUT2D eigenvalue weighted by Gasteiger charge is -2.26. The molecule has 2 N–H and O–H groups in total. The Morgan fingerprint density at radius 2 is 1.89 bits per heavy atom. The predicted octanol–water partition coefficient (Wildman–Crippen LogP) is 3.95. The average Bonchev–Trinajstić information content (AvgIpc) is 3.11. The van der Waals surface area contributed by atoms with Crippen molar-refractivity contribution in [2.75, 3.05) is 38.2 Å². The van der Waals surface area contributed by atoms with Crippen molar-refractivity contribution >= 4 is 34.1 Å². The summed E-state index contributed by atoms with van der Waals surface area (Å²) in [5, 5.41) is 4.51. The number of carbonyl (C=O) groups is 1. The van der Waals surface area contributed by atoms with Crippen molar-refractivity contribution in [2.45, 2.75) is 6.42 Å². The van der Waals surface area contributed by atoms with Crippen LogP contribution in [0.5, 0.6) is 0 Å². The van der Waals surface area contributed by atoms with Crippen LogP contribution in [0.25, 0.3) is 10.9 Å².